The van der Waals surface area contributed by atoms with Crippen molar-refractivity contribution < 1.29 is 25.8 Å². The maximum absolute atomic E-state index is 5.41. The normalized spacial score (nSPS) is 10.7. The fourth-order valence-corrected chi connectivity index (χ4v) is 4.21. The Kier molecular flexibility index (Phi) is 20.7. The van der Waals surface area contributed by atoms with Crippen LogP contribution in [-0.4, -0.2) is 51.8 Å². The van der Waals surface area contributed by atoms with E-state index in [2.05, 4.69) is 134 Å². The topological polar surface area (TPSA) is 74.2 Å². The summed E-state index contributed by atoms with van der Waals surface area (Å²) in [4.78, 5) is 5.07. The van der Waals surface area contributed by atoms with E-state index < -0.39 is 0 Å². The number of rotatable bonds is 7. The number of hydrogen-bond donors (Lipinski definition) is 0. The monoisotopic (exact) mass is 734 g/mol. The van der Waals surface area contributed by atoms with Crippen LogP contribution in [0.3, 0.4) is 0 Å². The van der Waals surface area contributed by atoms with Crippen molar-refractivity contribution in [2.24, 2.45) is 7.05 Å². The summed E-state index contributed by atoms with van der Waals surface area (Å²) < 4.78 is 2.10. The summed E-state index contributed by atoms with van der Waals surface area (Å²) in [6, 6.07) is 27.3. The van der Waals surface area contributed by atoms with Crippen LogP contribution in [0.25, 0.3) is 32.7 Å². The zero-order valence-corrected chi connectivity index (χ0v) is 31.1. The Labute approximate surface area is 274 Å². The molecule has 1 heterocycles. The van der Waals surface area contributed by atoms with Crippen LogP contribution in [0.1, 0.15) is 68.0 Å². The van der Waals surface area contributed by atoms with Gasteiger partial charge in [0.05, 0.1) is 0 Å². The van der Waals surface area contributed by atoms with Gasteiger partial charge in [-0.05, 0) is 17.9 Å². The van der Waals surface area contributed by atoms with Gasteiger partial charge in [-0.25, -0.2) is 4.98 Å². The van der Waals surface area contributed by atoms with Crippen LogP contribution in [0, 0.1) is 0 Å². The van der Waals surface area contributed by atoms with Crippen molar-refractivity contribution in [1.29, 1.82) is 0 Å². The van der Waals surface area contributed by atoms with E-state index in [-0.39, 0.29) is 31.9 Å². The maximum atomic E-state index is 5.41. The number of para-hydroxylation sites is 1. The largest absolute Gasteiger partial charge is 0.673 e. The van der Waals surface area contributed by atoms with E-state index >= 15 is 0 Å². The van der Waals surface area contributed by atoms with Gasteiger partial charge >= 0.3 is 0 Å². The van der Waals surface area contributed by atoms with Crippen LogP contribution in [0.5, 0.6) is 0 Å². The Morgan fingerprint density at radius 1 is 0.619 bits per heavy atom. The van der Waals surface area contributed by atoms with Gasteiger partial charge in [0.1, 0.15) is 5.82 Å². The molecule has 4 rings (SSSR count). The molecular formula is C35H50HfN6-4. The molecule has 0 aliphatic carbocycles. The second-order valence-electron chi connectivity index (χ2n) is 10.3. The predicted molar refractivity (Wildman–Crippen MR) is 180 cm³/mol. The molecule has 1 atom stereocenters. The van der Waals surface area contributed by atoms with Gasteiger partial charge < -0.3 is 25.8 Å². The van der Waals surface area contributed by atoms with E-state index in [0.29, 0.717) is 11.8 Å². The smallest absolute Gasteiger partial charge is 0.139 e. The summed E-state index contributed by atoms with van der Waals surface area (Å²) in [6.45, 7) is 8.96. The molecule has 7 heteroatoms. The Balaban J connectivity index is 0.00000150. The molecule has 0 amide bonds. The van der Waals surface area contributed by atoms with Gasteiger partial charge in [0, 0.05) is 50.3 Å². The number of aryl methyl sites for hydroxylation is 1. The Hall–Kier alpha value is -2.58. The minimum atomic E-state index is -0.169. The van der Waals surface area contributed by atoms with E-state index in [1.165, 1.54) is 11.1 Å². The molecule has 0 radical (unpaired) electrons. The standard InChI is InChI=1S/C29H32N3.3C2H6N.Hf/c1-20(2)24-17-12-18-25(21(3)4)28(24)31-27(22-13-8-6-9-14-22)26-19-32(5)29(30-26)23-15-10-7-11-16-23;3*1-3-2;/h6-21,27H,1-5H3;3*1-2H3;/q4*-1;. The average Bonchev–Trinajstić information content (AvgIpc) is 3.34. The molecule has 0 N–H and O–H groups in total. The molecule has 0 aliphatic heterocycles. The van der Waals surface area contributed by atoms with E-state index in [4.69, 9.17) is 10.3 Å². The van der Waals surface area contributed by atoms with Crippen molar-refractivity contribution in [3.63, 3.8) is 0 Å². The van der Waals surface area contributed by atoms with Crippen molar-refractivity contribution in [2.45, 2.75) is 45.6 Å². The number of hydrogen-bond acceptors (Lipinski definition) is 1. The second-order valence-corrected chi connectivity index (χ2v) is 10.3. The molecule has 0 fully saturated rings. The van der Waals surface area contributed by atoms with E-state index in [1.807, 2.05) is 6.07 Å². The number of nitrogens with zero attached hydrogens (tertiary/aromatic N) is 6. The van der Waals surface area contributed by atoms with Crippen LogP contribution >= 0.6 is 0 Å². The third-order valence-corrected chi connectivity index (χ3v) is 5.92. The van der Waals surface area contributed by atoms with Gasteiger partial charge in [0.2, 0.25) is 0 Å². The fraction of sp³-hybridized carbons (Fsp3) is 0.400. The second kappa shape index (κ2) is 22.0. The number of imidazole rings is 1. The van der Waals surface area contributed by atoms with Crippen LogP contribution in [0.15, 0.2) is 85.1 Å². The Morgan fingerprint density at radius 3 is 1.48 bits per heavy atom. The Morgan fingerprint density at radius 2 is 1.05 bits per heavy atom. The van der Waals surface area contributed by atoms with E-state index in [0.717, 1.165) is 28.3 Å². The first-order chi connectivity index (χ1) is 19.7. The van der Waals surface area contributed by atoms with Gasteiger partial charge in [0.25, 0.3) is 0 Å². The first-order valence-corrected chi connectivity index (χ1v) is 14.1. The Bertz CT molecular complexity index is 1190. The summed E-state index contributed by atoms with van der Waals surface area (Å²) in [5.41, 5.74) is 6.91. The van der Waals surface area contributed by atoms with Crippen molar-refractivity contribution in [3.05, 3.63) is 129 Å². The quantitative estimate of drug-likeness (QED) is 0.174. The number of benzene rings is 3. The van der Waals surface area contributed by atoms with E-state index in [9.17, 15) is 0 Å². The average molecular weight is 733 g/mol. The molecule has 1 unspecified atom stereocenters. The van der Waals surface area contributed by atoms with Crippen molar-refractivity contribution >= 4 is 5.69 Å². The molecule has 0 bridgehead atoms. The van der Waals surface area contributed by atoms with Gasteiger partial charge in [-0.15, -0.1) is 5.69 Å². The van der Waals surface area contributed by atoms with Crippen LogP contribution in [0.2, 0.25) is 0 Å². The number of aromatic nitrogens is 2. The summed E-state index contributed by atoms with van der Waals surface area (Å²) in [7, 11) is 12.6. The predicted octanol–water partition coefficient (Wildman–Crippen LogP) is 9.99. The summed E-state index contributed by atoms with van der Waals surface area (Å²) >= 11 is 0. The molecule has 6 nitrogen and oxygen atoms in total. The minimum absolute atomic E-state index is 0. The molecule has 0 aliphatic rings. The zero-order valence-electron chi connectivity index (χ0n) is 27.5. The molecule has 1 aromatic heterocycles. The molecule has 0 spiro atoms. The molecule has 3 aromatic carbocycles. The van der Waals surface area contributed by atoms with Gasteiger partial charge in [0.15, 0.2) is 0 Å². The van der Waals surface area contributed by atoms with E-state index in [1.54, 1.807) is 42.3 Å². The SMILES string of the molecule is CC(C)c1cccc(C(C)C)c1[N-]C(c1ccccc1)c1cn(C)c(-c2ccccc2)n1.C[N-]C.C[N-]C.C[N-]C.[Hf]. The molecule has 228 valence electrons. The molecule has 4 aromatic rings. The maximum Gasteiger partial charge on any atom is 0.139 e. The third-order valence-electron chi connectivity index (χ3n) is 5.92. The molecule has 0 saturated heterocycles. The van der Waals surface area contributed by atoms with Crippen LogP contribution in [-0.2, 0) is 32.9 Å². The van der Waals surface area contributed by atoms with Gasteiger partial charge in [-0.3, -0.25) is 0 Å². The molecular weight excluding hydrogens is 683 g/mol. The zero-order chi connectivity index (χ0) is 30.8. The van der Waals surface area contributed by atoms with Crippen molar-refractivity contribution in [2.75, 3.05) is 42.3 Å². The first-order valence-electron chi connectivity index (χ1n) is 14.1. The molecule has 0 saturated carbocycles. The third kappa shape index (κ3) is 12.3. The first kappa shape index (κ1) is 39.4. The summed E-state index contributed by atoms with van der Waals surface area (Å²) in [5.74, 6) is 1.75. The minimum Gasteiger partial charge on any atom is -0.673 e. The van der Waals surface area contributed by atoms with Crippen LogP contribution < -0.4 is 0 Å². The van der Waals surface area contributed by atoms with Gasteiger partial charge in [-0.2, -0.15) is 42.3 Å². The summed E-state index contributed by atoms with van der Waals surface area (Å²) in [6.07, 6.45) is 2.12. The van der Waals surface area contributed by atoms with Crippen molar-refractivity contribution in [1.82, 2.24) is 9.55 Å². The molecule has 42 heavy (non-hydrogen) atoms. The fourth-order valence-electron chi connectivity index (χ4n) is 4.21. The van der Waals surface area contributed by atoms with Gasteiger partial charge in [-0.1, -0.05) is 123 Å². The van der Waals surface area contributed by atoms with Crippen LogP contribution in [0.4, 0.5) is 5.69 Å². The summed E-state index contributed by atoms with van der Waals surface area (Å²) in [5, 5.41) is 15.9. The van der Waals surface area contributed by atoms with Crippen molar-refractivity contribution in [3.8, 4) is 11.4 Å².